The van der Waals surface area contributed by atoms with Crippen LogP contribution in [0, 0.1) is 11.8 Å². The fraction of sp³-hybridized carbons (Fsp3) is 0.0625. The molecule has 0 aliphatic rings. The van der Waals surface area contributed by atoms with Crippen molar-refractivity contribution in [3.63, 3.8) is 0 Å². The number of hydrogen-bond acceptors (Lipinski definition) is 3. The van der Waals surface area contributed by atoms with Crippen LogP contribution < -0.4 is 5.56 Å². The molecule has 0 aliphatic heterocycles. The van der Waals surface area contributed by atoms with E-state index in [0.717, 1.165) is 16.0 Å². The predicted octanol–water partition coefficient (Wildman–Crippen LogP) is 2.40. The van der Waals surface area contributed by atoms with Crippen LogP contribution in [0.1, 0.15) is 5.56 Å². The third-order valence-corrected chi connectivity index (χ3v) is 4.01. The van der Waals surface area contributed by atoms with Crippen LogP contribution in [-0.4, -0.2) is 15.7 Å². The molecular weight excluding hydrogens is 270 g/mol. The molecule has 0 bridgehead atoms. The summed E-state index contributed by atoms with van der Waals surface area (Å²) in [6, 6.07) is 15.0. The number of hydrogen-bond donors (Lipinski definition) is 1. The largest absolute Gasteiger partial charge is 0.384 e. The first-order valence-electron chi connectivity index (χ1n) is 6.11. The molecule has 20 heavy (non-hydrogen) atoms. The number of fused-ring (bicyclic) bond motifs is 1. The van der Waals surface area contributed by atoms with Crippen LogP contribution >= 0.6 is 11.5 Å². The normalized spacial score (nSPS) is 10.2. The van der Waals surface area contributed by atoms with Gasteiger partial charge in [-0.2, -0.15) is 0 Å². The zero-order valence-corrected chi connectivity index (χ0v) is 11.4. The molecule has 0 aliphatic carbocycles. The molecule has 0 unspecified atom stereocenters. The van der Waals surface area contributed by atoms with Gasteiger partial charge in [-0.05, 0) is 24.3 Å². The van der Waals surface area contributed by atoms with Gasteiger partial charge in [0.2, 0.25) is 0 Å². The summed E-state index contributed by atoms with van der Waals surface area (Å²) >= 11 is 1.40. The maximum atomic E-state index is 12.4. The highest BCUT2D eigenvalue weighted by atomic mass is 32.1. The molecule has 0 spiro atoms. The van der Waals surface area contributed by atoms with Crippen LogP contribution in [0.2, 0.25) is 0 Å². The number of rotatable bonds is 1. The molecule has 0 saturated carbocycles. The van der Waals surface area contributed by atoms with Crippen LogP contribution in [0.5, 0.6) is 0 Å². The summed E-state index contributed by atoms with van der Waals surface area (Å²) < 4.78 is 2.59. The maximum Gasteiger partial charge on any atom is 0.273 e. The van der Waals surface area contributed by atoms with Crippen molar-refractivity contribution in [2.75, 3.05) is 6.61 Å². The van der Waals surface area contributed by atoms with E-state index in [0.29, 0.717) is 5.39 Å². The second-order valence-corrected chi connectivity index (χ2v) is 5.15. The molecule has 4 heteroatoms. The Morgan fingerprint density at radius 2 is 1.85 bits per heavy atom. The molecule has 1 N–H and O–H groups in total. The Hall–Kier alpha value is -2.35. The SMILES string of the molecule is O=c1c2ccccc2sn1-c1ccccc1C#CCO. The molecular formula is C16H11NO2S. The number of aromatic nitrogens is 1. The highest BCUT2D eigenvalue weighted by molar-refractivity contribution is 7.14. The maximum absolute atomic E-state index is 12.4. The molecule has 0 radical (unpaired) electrons. The average molecular weight is 281 g/mol. The molecule has 3 aromatic rings. The van der Waals surface area contributed by atoms with Crippen molar-refractivity contribution in [1.82, 2.24) is 3.96 Å². The van der Waals surface area contributed by atoms with Gasteiger partial charge in [-0.15, -0.1) is 0 Å². The summed E-state index contributed by atoms with van der Waals surface area (Å²) in [6.07, 6.45) is 0. The highest BCUT2D eigenvalue weighted by Gasteiger charge is 2.10. The summed E-state index contributed by atoms with van der Waals surface area (Å²) in [7, 11) is 0. The lowest BCUT2D eigenvalue weighted by atomic mass is 10.2. The van der Waals surface area contributed by atoms with Crippen LogP contribution in [0.25, 0.3) is 15.8 Å². The molecule has 3 nitrogen and oxygen atoms in total. The standard InChI is InChI=1S/C16H11NO2S/c18-11-5-7-12-6-1-3-9-14(12)17-16(19)13-8-2-4-10-15(13)20-17/h1-4,6,8-10,18H,11H2. The summed E-state index contributed by atoms with van der Waals surface area (Å²) in [5.74, 6) is 5.50. The summed E-state index contributed by atoms with van der Waals surface area (Å²) in [4.78, 5) is 12.4. The van der Waals surface area contributed by atoms with E-state index in [1.165, 1.54) is 11.5 Å². The lowest BCUT2D eigenvalue weighted by Gasteiger charge is -2.03. The Morgan fingerprint density at radius 1 is 1.10 bits per heavy atom. The minimum absolute atomic E-state index is 0.0381. The van der Waals surface area contributed by atoms with Gasteiger partial charge >= 0.3 is 0 Å². The minimum Gasteiger partial charge on any atom is -0.384 e. The van der Waals surface area contributed by atoms with Crippen LogP contribution in [0.4, 0.5) is 0 Å². The van der Waals surface area contributed by atoms with Gasteiger partial charge in [0, 0.05) is 5.56 Å². The van der Waals surface area contributed by atoms with E-state index in [1.807, 2.05) is 48.5 Å². The predicted molar refractivity (Wildman–Crippen MR) is 81.4 cm³/mol. The Labute approximate surface area is 119 Å². The van der Waals surface area contributed by atoms with E-state index in [9.17, 15) is 4.79 Å². The van der Waals surface area contributed by atoms with Crippen molar-refractivity contribution in [3.8, 4) is 17.5 Å². The van der Waals surface area contributed by atoms with Crippen molar-refractivity contribution in [2.45, 2.75) is 0 Å². The second-order valence-electron chi connectivity index (χ2n) is 4.16. The van der Waals surface area contributed by atoms with Crippen molar-refractivity contribution in [2.24, 2.45) is 0 Å². The summed E-state index contributed by atoms with van der Waals surface area (Å²) in [6.45, 7) is -0.199. The highest BCUT2D eigenvalue weighted by Crippen LogP contribution is 2.21. The number of aliphatic hydroxyl groups is 1. The van der Waals surface area contributed by atoms with Crippen molar-refractivity contribution in [3.05, 3.63) is 64.4 Å². The van der Waals surface area contributed by atoms with Crippen molar-refractivity contribution < 1.29 is 5.11 Å². The van der Waals surface area contributed by atoms with Gasteiger partial charge in [-0.1, -0.05) is 47.6 Å². The molecule has 0 saturated heterocycles. The lowest BCUT2D eigenvalue weighted by Crippen LogP contribution is -2.11. The summed E-state index contributed by atoms with van der Waals surface area (Å²) in [5, 5.41) is 9.53. The summed E-state index contributed by atoms with van der Waals surface area (Å²) in [5.41, 5.74) is 1.44. The first kappa shape index (κ1) is 12.7. The quantitative estimate of drug-likeness (QED) is 0.696. The third-order valence-electron chi connectivity index (χ3n) is 2.92. The molecule has 3 rings (SSSR count). The Bertz CT molecular complexity index is 880. The van der Waals surface area contributed by atoms with Gasteiger partial charge in [-0.3, -0.25) is 4.79 Å². The smallest absolute Gasteiger partial charge is 0.273 e. The first-order valence-corrected chi connectivity index (χ1v) is 6.89. The molecule has 1 heterocycles. The molecule has 1 aromatic heterocycles. The van der Waals surface area contributed by atoms with Crippen molar-refractivity contribution >= 4 is 21.6 Å². The first-order chi connectivity index (χ1) is 9.81. The van der Waals surface area contributed by atoms with E-state index in [2.05, 4.69) is 11.8 Å². The van der Waals surface area contributed by atoms with Crippen LogP contribution in [-0.2, 0) is 0 Å². The molecule has 0 atom stereocenters. The number of nitrogens with zero attached hydrogens (tertiary/aromatic N) is 1. The zero-order chi connectivity index (χ0) is 13.9. The van der Waals surface area contributed by atoms with E-state index in [4.69, 9.17) is 5.11 Å². The van der Waals surface area contributed by atoms with E-state index < -0.39 is 0 Å². The monoisotopic (exact) mass is 281 g/mol. The van der Waals surface area contributed by atoms with Crippen molar-refractivity contribution in [1.29, 1.82) is 0 Å². The van der Waals surface area contributed by atoms with Crippen LogP contribution in [0.15, 0.2) is 53.3 Å². The molecule has 2 aromatic carbocycles. The number of benzene rings is 2. The van der Waals surface area contributed by atoms with E-state index in [1.54, 1.807) is 3.96 Å². The third kappa shape index (κ3) is 2.14. The molecule has 98 valence electrons. The van der Waals surface area contributed by atoms with Gasteiger partial charge in [0.25, 0.3) is 5.56 Å². The van der Waals surface area contributed by atoms with Gasteiger partial charge in [0.05, 0.1) is 15.8 Å². The van der Waals surface area contributed by atoms with Gasteiger partial charge < -0.3 is 5.11 Å². The Morgan fingerprint density at radius 3 is 2.65 bits per heavy atom. The van der Waals surface area contributed by atoms with Gasteiger partial charge in [0.1, 0.15) is 6.61 Å². The molecule has 0 amide bonds. The number of para-hydroxylation sites is 1. The van der Waals surface area contributed by atoms with Gasteiger partial charge in [0.15, 0.2) is 0 Å². The molecule has 0 fully saturated rings. The average Bonchev–Trinajstić information content (AvgIpc) is 2.83. The number of aliphatic hydroxyl groups excluding tert-OH is 1. The fourth-order valence-corrected chi connectivity index (χ4v) is 3.05. The minimum atomic E-state index is -0.199. The fourth-order valence-electron chi connectivity index (χ4n) is 2.02. The Kier molecular flexibility index (Phi) is 3.38. The van der Waals surface area contributed by atoms with Gasteiger partial charge in [-0.25, -0.2) is 3.96 Å². The lowest BCUT2D eigenvalue weighted by molar-refractivity contribution is 0.350. The zero-order valence-electron chi connectivity index (χ0n) is 10.5. The van der Waals surface area contributed by atoms with E-state index >= 15 is 0 Å². The topological polar surface area (TPSA) is 42.2 Å². The van der Waals surface area contributed by atoms with E-state index in [-0.39, 0.29) is 12.2 Å². The second kappa shape index (κ2) is 5.33. The Balaban J connectivity index is 2.26. The van der Waals surface area contributed by atoms with Crippen LogP contribution in [0.3, 0.4) is 0 Å².